The van der Waals surface area contributed by atoms with Gasteiger partial charge in [0, 0.05) is 12.8 Å². The lowest BCUT2D eigenvalue weighted by molar-refractivity contribution is -0.870. The maximum atomic E-state index is 12.9. The molecule has 0 amide bonds. The normalized spacial score (nSPS) is 12.9. The third-order valence-electron chi connectivity index (χ3n) is 15.1. The molecule has 458 valence electrons. The summed E-state index contributed by atoms with van der Waals surface area (Å²) in [6, 6.07) is 0. The number of aliphatic carboxylic acids is 1. The van der Waals surface area contributed by atoms with Crippen LogP contribution in [-0.4, -0.2) is 82.3 Å². The zero-order valence-corrected chi connectivity index (χ0v) is 52.3. The molecule has 0 aliphatic heterocycles. The third-order valence-corrected chi connectivity index (χ3v) is 15.1. The van der Waals surface area contributed by atoms with Crippen LogP contribution in [0.5, 0.6) is 0 Å². The minimum absolute atomic E-state index is 0.149. The zero-order valence-electron chi connectivity index (χ0n) is 52.3. The Morgan fingerprint density at radius 3 is 1.03 bits per heavy atom. The van der Waals surface area contributed by atoms with Crippen molar-refractivity contribution in [1.82, 2.24) is 0 Å². The molecule has 0 aliphatic rings. The molecule has 78 heavy (non-hydrogen) atoms. The molecule has 0 radical (unpaired) electrons. The Kier molecular flexibility index (Phi) is 58.7. The number of allylic oxidation sites excluding steroid dienone is 6. The van der Waals surface area contributed by atoms with Crippen molar-refractivity contribution in [3.05, 3.63) is 36.5 Å². The summed E-state index contributed by atoms with van der Waals surface area (Å²) in [6.45, 7) is 4.80. The number of hydrogen-bond acceptors (Lipinski definition) is 8. The van der Waals surface area contributed by atoms with Gasteiger partial charge < -0.3 is 33.3 Å². The summed E-state index contributed by atoms with van der Waals surface area (Å²) in [5, 5.41) is 11.8. The van der Waals surface area contributed by atoms with E-state index in [0.29, 0.717) is 23.9 Å². The Balaban J connectivity index is 4.12. The maximum absolute atomic E-state index is 12.9. The Morgan fingerprint density at radius 1 is 0.385 bits per heavy atom. The molecule has 9 heteroatoms. The molecule has 2 unspecified atom stereocenters. The van der Waals surface area contributed by atoms with E-state index in [1.54, 1.807) is 0 Å². The second-order valence-corrected chi connectivity index (χ2v) is 24.1. The smallest absolute Gasteiger partial charge is 0.306 e. The van der Waals surface area contributed by atoms with Gasteiger partial charge in [-0.25, -0.2) is 0 Å². The number of nitrogens with zero attached hydrogens (tertiary/aromatic N) is 1. The molecule has 0 aromatic carbocycles. The van der Waals surface area contributed by atoms with Crippen LogP contribution < -0.4 is 5.11 Å². The molecule has 2 atom stereocenters. The van der Waals surface area contributed by atoms with Crippen molar-refractivity contribution in [3.8, 4) is 0 Å². The molecule has 0 rings (SSSR count). The van der Waals surface area contributed by atoms with Crippen LogP contribution in [0.2, 0.25) is 0 Å². The summed E-state index contributed by atoms with van der Waals surface area (Å²) in [7, 11) is 5.94. The first-order chi connectivity index (χ1) is 38.1. The van der Waals surface area contributed by atoms with Crippen LogP contribution in [0.1, 0.15) is 328 Å². The number of quaternary nitrogens is 1. The van der Waals surface area contributed by atoms with Gasteiger partial charge >= 0.3 is 11.9 Å². The van der Waals surface area contributed by atoms with Crippen LogP contribution in [0.25, 0.3) is 0 Å². The van der Waals surface area contributed by atoms with E-state index in [1.165, 1.54) is 244 Å². The summed E-state index contributed by atoms with van der Waals surface area (Å²) in [6.07, 6.45) is 72.1. The maximum Gasteiger partial charge on any atom is 0.306 e. The predicted octanol–water partition coefficient (Wildman–Crippen LogP) is 19.1. The van der Waals surface area contributed by atoms with Gasteiger partial charge in [-0.3, -0.25) is 9.59 Å². The first-order valence-electron chi connectivity index (χ1n) is 33.6. The van der Waals surface area contributed by atoms with Crippen LogP contribution in [0.15, 0.2) is 36.5 Å². The lowest BCUT2D eigenvalue weighted by Crippen LogP contribution is -2.44. The monoisotopic (exact) mass is 1100 g/mol. The molecule has 0 aromatic heterocycles. The quantitative estimate of drug-likeness (QED) is 0.0195. The van der Waals surface area contributed by atoms with E-state index in [-0.39, 0.29) is 32.2 Å². The van der Waals surface area contributed by atoms with Gasteiger partial charge in [0.25, 0.3) is 0 Å². The van der Waals surface area contributed by atoms with Crippen molar-refractivity contribution < 1.29 is 42.9 Å². The Hall–Kier alpha value is -2.49. The minimum Gasteiger partial charge on any atom is -0.545 e. The van der Waals surface area contributed by atoms with Crippen LogP contribution >= 0.6 is 0 Å². The lowest BCUT2D eigenvalue weighted by Gasteiger charge is -2.26. The number of unbranched alkanes of at least 4 members (excludes halogenated alkanes) is 42. The first-order valence-corrected chi connectivity index (χ1v) is 33.6. The molecular formula is C69H129NO8. The largest absolute Gasteiger partial charge is 0.545 e. The molecule has 0 saturated carbocycles. The van der Waals surface area contributed by atoms with Gasteiger partial charge in [-0.15, -0.1) is 0 Å². The highest BCUT2D eigenvalue weighted by molar-refractivity contribution is 5.70. The van der Waals surface area contributed by atoms with E-state index in [1.807, 2.05) is 21.1 Å². The average molecular weight is 1100 g/mol. The highest BCUT2D eigenvalue weighted by Gasteiger charge is 2.22. The molecule has 0 aliphatic carbocycles. The number of carboxylic acid groups (broad SMARTS) is 1. The third kappa shape index (κ3) is 61.1. The number of likely N-dealkylation sites (N-methyl/N-ethyl adjacent to an activating group) is 1. The van der Waals surface area contributed by atoms with Gasteiger partial charge in [-0.1, -0.05) is 301 Å². The standard InChI is InChI=1S/C69H129NO8/c1-6-8-10-12-14-16-18-20-22-24-26-28-30-32-34-36-38-40-42-44-46-48-50-52-54-56-58-60-67(72)78-65(64-77-69(68(73)74)75-62-61-70(3,4)5)63-76-66(71)59-57-55-53-51-49-47-45-43-41-39-37-35-33-31-29-27-25-23-21-19-17-15-13-11-9-7-2/h18,20,24,26,30,32,65,69H,6-17,19,21-23,25,27-29,31,33-64H2,1-5H3/b20-18-,26-24-,32-30-. The number of rotatable bonds is 63. The first kappa shape index (κ1) is 75.5. The molecule has 9 nitrogen and oxygen atoms in total. The van der Waals surface area contributed by atoms with Crippen molar-refractivity contribution >= 4 is 17.9 Å². The van der Waals surface area contributed by atoms with Crippen molar-refractivity contribution in [2.75, 3.05) is 47.5 Å². The fourth-order valence-electron chi connectivity index (χ4n) is 9.96. The van der Waals surface area contributed by atoms with Crippen LogP contribution in [0.4, 0.5) is 0 Å². The molecule has 0 aromatic rings. The van der Waals surface area contributed by atoms with Crippen molar-refractivity contribution in [2.45, 2.75) is 341 Å². The number of carbonyl (C=O) groups is 3. The fourth-order valence-corrected chi connectivity index (χ4v) is 9.96. The van der Waals surface area contributed by atoms with E-state index in [2.05, 4.69) is 50.3 Å². The molecule has 0 saturated heterocycles. The Labute approximate surface area is 483 Å². The summed E-state index contributed by atoms with van der Waals surface area (Å²) in [5.41, 5.74) is 0. The molecule has 0 heterocycles. The zero-order chi connectivity index (χ0) is 56.9. The van der Waals surface area contributed by atoms with Crippen molar-refractivity contribution in [2.24, 2.45) is 0 Å². The highest BCUT2D eigenvalue weighted by atomic mass is 16.7. The van der Waals surface area contributed by atoms with Gasteiger partial charge in [-0.2, -0.15) is 0 Å². The summed E-state index contributed by atoms with van der Waals surface area (Å²) in [5.74, 6) is -2.26. The SMILES string of the molecule is CCCCCCC/C=C\C/C=C\C/C=C\CCCCCCCCCCCCCCC(=O)OC(COC(=O)CCCCCCCCCCCCCCCCCCCCCCCCCCCC)COC(OCC[N+](C)(C)C)C(=O)[O-]. The van der Waals surface area contributed by atoms with Gasteiger partial charge in [0.05, 0.1) is 40.3 Å². The van der Waals surface area contributed by atoms with Crippen LogP contribution in [0, 0.1) is 0 Å². The van der Waals surface area contributed by atoms with Crippen molar-refractivity contribution in [1.29, 1.82) is 0 Å². The molecule has 0 spiro atoms. The van der Waals surface area contributed by atoms with Crippen LogP contribution in [0.3, 0.4) is 0 Å². The topological polar surface area (TPSA) is 111 Å². The number of hydrogen-bond donors (Lipinski definition) is 0. The summed E-state index contributed by atoms with van der Waals surface area (Å²) >= 11 is 0. The second kappa shape index (κ2) is 60.6. The number of carbonyl (C=O) groups excluding carboxylic acids is 3. The lowest BCUT2D eigenvalue weighted by atomic mass is 10.0. The summed E-state index contributed by atoms with van der Waals surface area (Å²) in [4.78, 5) is 37.4. The summed E-state index contributed by atoms with van der Waals surface area (Å²) < 4.78 is 22.8. The Bertz CT molecular complexity index is 1370. The van der Waals surface area contributed by atoms with Gasteiger partial charge in [0.1, 0.15) is 13.2 Å². The number of carboxylic acids is 1. The van der Waals surface area contributed by atoms with Gasteiger partial charge in [0.15, 0.2) is 12.4 Å². The van der Waals surface area contributed by atoms with E-state index in [4.69, 9.17) is 18.9 Å². The molecule has 0 bridgehead atoms. The van der Waals surface area contributed by atoms with Gasteiger partial charge in [0.2, 0.25) is 0 Å². The average Bonchev–Trinajstić information content (AvgIpc) is 3.41. The minimum atomic E-state index is -1.62. The fraction of sp³-hybridized carbons (Fsp3) is 0.870. The van der Waals surface area contributed by atoms with Crippen LogP contribution in [-0.2, 0) is 33.3 Å². The molecule has 0 fully saturated rings. The van der Waals surface area contributed by atoms with E-state index < -0.39 is 24.3 Å². The Morgan fingerprint density at radius 2 is 0.692 bits per heavy atom. The van der Waals surface area contributed by atoms with E-state index in [9.17, 15) is 19.5 Å². The number of esters is 2. The number of ether oxygens (including phenoxy) is 4. The van der Waals surface area contributed by atoms with Crippen molar-refractivity contribution in [3.63, 3.8) is 0 Å². The van der Waals surface area contributed by atoms with E-state index >= 15 is 0 Å². The second-order valence-electron chi connectivity index (χ2n) is 24.1. The molecule has 0 N–H and O–H groups in total. The highest BCUT2D eigenvalue weighted by Crippen LogP contribution is 2.18. The predicted molar refractivity (Wildman–Crippen MR) is 329 cm³/mol. The van der Waals surface area contributed by atoms with Gasteiger partial charge in [-0.05, 0) is 51.4 Å². The van der Waals surface area contributed by atoms with E-state index in [0.717, 1.165) is 51.4 Å². The molecular weight excluding hydrogens is 971 g/mol.